The summed E-state index contributed by atoms with van der Waals surface area (Å²) in [4.78, 5) is 0.0636. The molecule has 0 unspecified atom stereocenters. The van der Waals surface area contributed by atoms with Gasteiger partial charge in [-0.05, 0) is 53.8 Å². The molecule has 0 saturated carbocycles. The number of allylic oxidation sites excluding steroid dienone is 4. The van der Waals surface area contributed by atoms with Crippen molar-refractivity contribution in [3.8, 4) is 0 Å². The van der Waals surface area contributed by atoms with Gasteiger partial charge in [0.05, 0.1) is 4.91 Å². The van der Waals surface area contributed by atoms with Crippen LogP contribution in [0, 0.1) is 0 Å². The van der Waals surface area contributed by atoms with Gasteiger partial charge in [-0.2, -0.15) is 8.42 Å². The van der Waals surface area contributed by atoms with Crippen molar-refractivity contribution in [2.45, 2.75) is 18.8 Å². The minimum Gasteiger partial charge on any atom is -0.399 e. The van der Waals surface area contributed by atoms with Crippen molar-refractivity contribution in [3.63, 3.8) is 0 Å². The molecular formula is C19H20N2O3S. The topological polar surface area (TPSA) is 106 Å². The Balaban J connectivity index is 2.23. The van der Waals surface area contributed by atoms with Crippen molar-refractivity contribution in [3.05, 3.63) is 82.3 Å². The Kier molecular flexibility index (Phi) is 4.65. The number of rotatable bonds is 4. The first kappa shape index (κ1) is 17.3. The van der Waals surface area contributed by atoms with Crippen molar-refractivity contribution < 1.29 is 13.0 Å². The standard InChI is InChI=1S/C19H20N2O3S/c20-15-9-5-13(6-10-15)19(14-7-11-16(21)12-8-14)17-3-1-2-4-18(17)25(22,23)24/h1,3,5-12,19H,2,4,20-21H2,(H,22,23,24). The zero-order valence-corrected chi connectivity index (χ0v) is 14.4. The first-order valence-electron chi connectivity index (χ1n) is 7.94. The monoisotopic (exact) mass is 356 g/mol. The molecule has 0 aliphatic heterocycles. The zero-order chi connectivity index (χ0) is 18.0. The quantitative estimate of drug-likeness (QED) is 0.574. The van der Waals surface area contributed by atoms with Crippen LogP contribution in [0.2, 0.25) is 0 Å². The van der Waals surface area contributed by atoms with Crippen LogP contribution >= 0.6 is 0 Å². The Morgan fingerprint density at radius 3 is 1.80 bits per heavy atom. The molecule has 3 rings (SSSR count). The SMILES string of the molecule is Nc1ccc(C(C2=C(S(=O)(=O)O)CCC=C2)c2ccc(N)cc2)cc1. The molecule has 0 saturated heterocycles. The van der Waals surface area contributed by atoms with Gasteiger partial charge >= 0.3 is 0 Å². The second kappa shape index (κ2) is 6.74. The van der Waals surface area contributed by atoms with Crippen molar-refractivity contribution in [1.82, 2.24) is 0 Å². The summed E-state index contributed by atoms with van der Waals surface area (Å²) in [5.41, 5.74) is 15.2. The van der Waals surface area contributed by atoms with E-state index in [1.807, 2.05) is 30.3 Å². The van der Waals surface area contributed by atoms with Crippen LogP contribution < -0.4 is 11.5 Å². The van der Waals surface area contributed by atoms with E-state index in [9.17, 15) is 13.0 Å². The summed E-state index contributed by atoms with van der Waals surface area (Å²) >= 11 is 0. The molecule has 0 atom stereocenters. The molecular weight excluding hydrogens is 336 g/mol. The number of hydrogen-bond donors (Lipinski definition) is 3. The number of benzene rings is 2. The van der Waals surface area contributed by atoms with E-state index in [-0.39, 0.29) is 17.2 Å². The van der Waals surface area contributed by atoms with E-state index in [4.69, 9.17) is 11.5 Å². The molecule has 1 aliphatic carbocycles. The van der Waals surface area contributed by atoms with E-state index in [0.29, 0.717) is 23.4 Å². The zero-order valence-electron chi connectivity index (χ0n) is 13.6. The summed E-state index contributed by atoms with van der Waals surface area (Å²) in [6.07, 6.45) is 4.57. The maximum absolute atomic E-state index is 11.9. The Hall–Kier alpha value is -2.57. The van der Waals surface area contributed by atoms with E-state index >= 15 is 0 Å². The lowest BCUT2D eigenvalue weighted by molar-refractivity contribution is 0.488. The highest BCUT2D eigenvalue weighted by Crippen LogP contribution is 2.39. The van der Waals surface area contributed by atoms with Crippen molar-refractivity contribution in [2.24, 2.45) is 0 Å². The summed E-state index contributed by atoms with van der Waals surface area (Å²) in [5, 5.41) is 0. The Morgan fingerprint density at radius 2 is 1.36 bits per heavy atom. The molecule has 0 spiro atoms. The van der Waals surface area contributed by atoms with Crippen LogP contribution in [0.25, 0.3) is 0 Å². The summed E-state index contributed by atoms with van der Waals surface area (Å²) in [7, 11) is -4.27. The molecule has 0 bridgehead atoms. The third-order valence-electron chi connectivity index (χ3n) is 4.32. The molecule has 6 heteroatoms. The van der Waals surface area contributed by atoms with Crippen LogP contribution in [0.15, 0.2) is 71.2 Å². The van der Waals surface area contributed by atoms with Crippen molar-refractivity contribution >= 4 is 21.5 Å². The summed E-state index contributed by atoms with van der Waals surface area (Å²) in [6.45, 7) is 0. The second-order valence-electron chi connectivity index (χ2n) is 6.06. The number of hydrogen-bond acceptors (Lipinski definition) is 4. The lowest BCUT2D eigenvalue weighted by Gasteiger charge is -2.24. The maximum atomic E-state index is 11.9. The van der Waals surface area contributed by atoms with Gasteiger partial charge in [-0.1, -0.05) is 36.4 Å². The molecule has 130 valence electrons. The fourth-order valence-corrected chi connectivity index (χ4v) is 3.99. The van der Waals surface area contributed by atoms with E-state index in [2.05, 4.69) is 0 Å². The third kappa shape index (κ3) is 3.75. The minimum atomic E-state index is -4.27. The smallest absolute Gasteiger partial charge is 0.290 e. The molecule has 0 heterocycles. The Labute approximate surface area is 147 Å². The van der Waals surface area contributed by atoms with Gasteiger partial charge in [0, 0.05) is 17.3 Å². The molecule has 0 radical (unpaired) electrons. The second-order valence-corrected chi connectivity index (χ2v) is 7.50. The molecule has 0 aromatic heterocycles. The van der Waals surface area contributed by atoms with Gasteiger partial charge in [-0.15, -0.1) is 0 Å². The number of anilines is 2. The van der Waals surface area contributed by atoms with Gasteiger partial charge in [0.25, 0.3) is 10.1 Å². The van der Waals surface area contributed by atoms with E-state index in [1.165, 1.54) is 0 Å². The fraction of sp³-hybridized carbons (Fsp3) is 0.158. The Morgan fingerprint density at radius 1 is 0.880 bits per heavy atom. The van der Waals surface area contributed by atoms with Crippen LogP contribution in [0.3, 0.4) is 0 Å². The van der Waals surface area contributed by atoms with Gasteiger partial charge < -0.3 is 11.5 Å². The van der Waals surface area contributed by atoms with Crippen LogP contribution in [0.1, 0.15) is 29.9 Å². The maximum Gasteiger partial charge on any atom is 0.290 e. The summed E-state index contributed by atoms with van der Waals surface area (Å²) in [5.74, 6) is -0.338. The fourth-order valence-electron chi connectivity index (χ4n) is 3.13. The summed E-state index contributed by atoms with van der Waals surface area (Å²) < 4.78 is 33.5. The number of nitrogen functional groups attached to an aromatic ring is 2. The molecule has 0 amide bonds. The molecule has 2 aromatic carbocycles. The molecule has 0 fully saturated rings. The lowest BCUT2D eigenvalue weighted by atomic mass is 9.82. The van der Waals surface area contributed by atoms with Gasteiger partial charge in [-0.25, -0.2) is 0 Å². The lowest BCUT2D eigenvalue weighted by Crippen LogP contribution is -2.14. The molecule has 25 heavy (non-hydrogen) atoms. The highest BCUT2D eigenvalue weighted by Gasteiger charge is 2.27. The van der Waals surface area contributed by atoms with Crippen molar-refractivity contribution in [2.75, 3.05) is 11.5 Å². The van der Waals surface area contributed by atoms with E-state index in [0.717, 1.165) is 11.1 Å². The van der Waals surface area contributed by atoms with Crippen LogP contribution in [-0.4, -0.2) is 13.0 Å². The summed E-state index contributed by atoms with van der Waals surface area (Å²) in [6, 6.07) is 14.6. The van der Waals surface area contributed by atoms with Gasteiger partial charge in [-0.3, -0.25) is 4.55 Å². The highest BCUT2D eigenvalue weighted by molar-refractivity contribution is 7.89. The first-order valence-corrected chi connectivity index (χ1v) is 9.38. The minimum absolute atomic E-state index is 0.0636. The van der Waals surface area contributed by atoms with Gasteiger partial charge in [0.2, 0.25) is 0 Å². The average Bonchev–Trinajstić information content (AvgIpc) is 2.58. The van der Waals surface area contributed by atoms with Crippen LogP contribution in [0.5, 0.6) is 0 Å². The largest absolute Gasteiger partial charge is 0.399 e. The Bertz CT molecular complexity index is 882. The van der Waals surface area contributed by atoms with Crippen LogP contribution in [0.4, 0.5) is 11.4 Å². The van der Waals surface area contributed by atoms with E-state index < -0.39 is 10.1 Å². The number of nitrogens with two attached hydrogens (primary N) is 2. The highest BCUT2D eigenvalue weighted by atomic mass is 32.2. The first-order chi connectivity index (χ1) is 11.9. The van der Waals surface area contributed by atoms with E-state index in [1.54, 1.807) is 30.3 Å². The predicted octanol–water partition coefficient (Wildman–Crippen LogP) is 3.47. The average molecular weight is 356 g/mol. The predicted molar refractivity (Wildman–Crippen MR) is 101 cm³/mol. The molecule has 5 N–H and O–H groups in total. The molecule has 5 nitrogen and oxygen atoms in total. The van der Waals surface area contributed by atoms with Crippen molar-refractivity contribution in [1.29, 1.82) is 0 Å². The van der Waals surface area contributed by atoms with Gasteiger partial charge in [0.15, 0.2) is 0 Å². The molecule has 2 aromatic rings. The normalized spacial score (nSPS) is 15.0. The molecule has 1 aliphatic rings. The third-order valence-corrected chi connectivity index (χ3v) is 5.38. The van der Waals surface area contributed by atoms with Gasteiger partial charge in [0.1, 0.15) is 0 Å². The van der Waals surface area contributed by atoms with Crippen LogP contribution in [-0.2, 0) is 10.1 Å².